The minimum atomic E-state index is -0.484. The number of hydrogen-bond donors (Lipinski definition) is 1. The van der Waals surface area contributed by atoms with Crippen molar-refractivity contribution in [2.24, 2.45) is 5.10 Å². The van der Waals surface area contributed by atoms with Crippen LogP contribution in [0.25, 0.3) is 0 Å². The number of nitrogens with one attached hydrogen (secondary N) is 1. The first kappa shape index (κ1) is 20.7. The third-order valence-electron chi connectivity index (χ3n) is 4.53. The number of nitrogens with zero attached hydrogens (tertiary/aromatic N) is 3. The second-order valence-electron chi connectivity index (χ2n) is 6.61. The van der Waals surface area contributed by atoms with Crippen molar-refractivity contribution in [3.63, 3.8) is 0 Å². The van der Waals surface area contributed by atoms with Crippen LogP contribution in [-0.4, -0.2) is 54.6 Å². The number of carbonyl (C=O) groups excluding carboxylic acids is 1. The van der Waals surface area contributed by atoms with Crippen molar-refractivity contribution in [2.75, 3.05) is 32.7 Å². The van der Waals surface area contributed by atoms with Crippen molar-refractivity contribution in [2.45, 2.75) is 6.54 Å². The van der Waals surface area contributed by atoms with Crippen LogP contribution in [0, 0.1) is 5.82 Å². The molecule has 1 saturated heterocycles. The van der Waals surface area contributed by atoms with Crippen LogP contribution in [0.15, 0.2) is 47.6 Å². The number of piperazine rings is 1. The molecule has 3 rings (SSSR count). The van der Waals surface area contributed by atoms with Crippen molar-refractivity contribution in [3.05, 3.63) is 69.5 Å². The molecule has 2 aromatic carbocycles. The lowest BCUT2D eigenvalue weighted by Gasteiger charge is -2.34. The molecule has 28 heavy (non-hydrogen) atoms. The Morgan fingerprint density at radius 2 is 1.75 bits per heavy atom. The Kier molecular flexibility index (Phi) is 7.39. The van der Waals surface area contributed by atoms with Gasteiger partial charge < -0.3 is 0 Å². The van der Waals surface area contributed by atoms with Crippen LogP contribution in [0.4, 0.5) is 4.39 Å². The molecule has 0 radical (unpaired) electrons. The Bertz CT molecular complexity index is 816. The molecule has 1 N–H and O–H groups in total. The minimum absolute atomic E-state index is 0.153. The van der Waals surface area contributed by atoms with E-state index in [9.17, 15) is 9.18 Å². The highest BCUT2D eigenvalue weighted by Crippen LogP contribution is 2.16. The molecule has 1 aliphatic rings. The van der Waals surface area contributed by atoms with E-state index in [1.54, 1.807) is 6.07 Å². The van der Waals surface area contributed by atoms with Gasteiger partial charge in [-0.1, -0.05) is 41.4 Å². The molecule has 1 aliphatic heterocycles. The molecule has 0 bridgehead atoms. The fourth-order valence-electron chi connectivity index (χ4n) is 2.99. The highest BCUT2D eigenvalue weighted by atomic mass is 35.5. The number of benzene rings is 2. The summed E-state index contributed by atoms with van der Waals surface area (Å²) in [7, 11) is 0. The van der Waals surface area contributed by atoms with Crippen LogP contribution in [0.2, 0.25) is 10.0 Å². The second-order valence-corrected chi connectivity index (χ2v) is 7.45. The number of rotatable bonds is 6. The van der Waals surface area contributed by atoms with E-state index in [0.29, 0.717) is 0 Å². The van der Waals surface area contributed by atoms with Crippen LogP contribution in [-0.2, 0) is 11.3 Å². The summed E-state index contributed by atoms with van der Waals surface area (Å²) in [6, 6.07) is 12.2. The fraction of sp³-hybridized carbons (Fsp3) is 0.300. The Labute approximate surface area is 173 Å². The largest absolute Gasteiger partial charge is 0.297 e. The van der Waals surface area contributed by atoms with Crippen molar-refractivity contribution < 1.29 is 9.18 Å². The molecule has 0 aliphatic carbocycles. The van der Waals surface area contributed by atoms with Crippen LogP contribution in [0.1, 0.15) is 11.1 Å². The van der Waals surface area contributed by atoms with E-state index in [2.05, 4.69) is 20.3 Å². The van der Waals surface area contributed by atoms with Gasteiger partial charge in [0, 0.05) is 43.3 Å². The average Bonchev–Trinajstić information content (AvgIpc) is 2.67. The lowest BCUT2D eigenvalue weighted by Crippen LogP contribution is -2.48. The van der Waals surface area contributed by atoms with E-state index >= 15 is 0 Å². The third kappa shape index (κ3) is 6.01. The van der Waals surface area contributed by atoms with E-state index in [1.807, 2.05) is 24.3 Å². The highest BCUT2D eigenvalue weighted by molar-refractivity contribution is 6.33. The van der Waals surface area contributed by atoms with Gasteiger partial charge in [0.1, 0.15) is 5.82 Å². The summed E-state index contributed by atoms with van der Waals surface area (Å²) >= 11 is 11.8. The molecule has 1 heterocycles. The van der Waals surface area contributed by atoms with Gasteiger partial charge in [0.2, 0.25) is 0 Å². The first-order chi connectivity index (χ1) is 13.5. The number of halogens is 3. The molecule has 0 saturated carbocycles. The summed E-state index contributed by atoms with van der Waals surface area (Å²) in [5.41, 5.74) is 3.80. The van der Waals surface area contributed by atoms with Gasteiger partial charge in [-0.2, -0.15) is 5.10 Å². The molecule has 148 valence electrons. The van der Waals surface area contributed by atoms with Gasteiger partial charge in [-0.05, 0) is 29.8 Å². The Hall–Kier alpha value is -1.99. The number of amides is 1. The van der Waals surface area contributed by atoms with Gasteiger partial charge in [-0.15, -0.1) is 0 Å². The molecule has 0 unspecified atom stereocenters. The molecular weight excluding hydrogens is 402 g/mol. The summed E-state index contributed by atoms with van der Waals surface area (Å²) in [6.45, 7) is 4.46. The molecular formula is C20H21Cl2FN4O. The standard InChI is InChI=1S/C20H21Cl2FN4O/c21-16-6-4-15(5-7-16)13-26-8-10-27(11-9-26)14-20(28)25-24-12-17-18(22)2-1-3-19(17)23/h1-7,12H,8-11,13-14H2,(H,25,28)/b24-12-. The van der Waals surface area contributed by atoms with Crippen LogP contribution >= 0.6 is 23.2 Å². The van der Waals surface area contributed by atoms with Gasteiger partial charge in [-0.3, -0.25) is 14.6 Å². The zero-order valence-electron chi connectivity index (χ0n) is 15.2. The SMILES string of the molecule is O=C(CN1CCN(Cc2ccc(Cl)cc2)CC1)N/N=C\c1c(F)cccc1Cl. The topological polar surface area (TPSA) is 47.9 Å². The average molecular weight is 423 g/mol. The van der Waals surface area contributed by atoms with Crippen LogP contribution in [0.3, 0.4) is 0 Å². The molecule has 5 nitrogen and oxygen atoms in total. The maximum atomic E-state index is 13.7. The maximum Gasteiger partial charge on any atom is 0.254 e. The Balaban J connectivity index is 1.41. The van der Waals surface area contributed by atoms with E-state index in [0.717, 1.165) is 37.7 Å². The molecule has 0 atom stereocenters. The second kappa shape index (κ2) is 9.98. The summed E-state index contributed by atoms with van der Waals surface area (Å²) in [5, 5.41) is 4.79. The zero-order valence-corrected chi connectivity index (χ0v) is 16.8. The molecule has 2 aromatic rings. The molecule has 1 fully saturated rings. The summed E-state index contributed by atoms with van der Waals surface area (Å²) in [5.74, 6) is -0.725. The van der Waals surface area contributed by atoms with Gasteiger partial charge in [-0.25, -0.2) is 9.82 Å². The van der Waals surface area contributed by atoms with Crippen molar-refractivity contribution in [3.8, 4) is 0 Å². The van der Waals surface area contributed by atoms with E-state index in [4.69, 9.17) is 23.2 Å². The smallest absolute Gasteiger partial charge is 0.254 e. The van der Waals surface area contributed by atoms with Gasteiger partial charge in [0.15, 0.2) is 0 Å². The summed E-state index contributed by atoms with van der Waals surface area (Å²) in [4.78, 5) is 16.5. The van der Waals surface area contributed by atoms with Gasteiger partial charge in [0.25, 0.3) is 5.91 Å². The van der Waals surface area contributed by atoms with E-state index in [-0.39, 0.29) is 23.0 Å². The normalized spacial score (nSPS) is 15.8. The lowest BCUT2D eigenvalue weighted by atomic mass is 10.2. The molecule has 0 aromatic heterocycles. The van der Waals surface area contributed by atoms with Gasteiger partial charge >= 0.3 is 0 Å². The van der Waals surface area contributed by atoms with Crippen molar-refractivity contribution in [1.29, 1.82) is 0 Å². The predicted molar refractivity (Wildman–Crippen MR) is 110 cm³/mol. The first-order valence-corrected chi connectivity index (χ1v) is 9.72. The monoisotopic (exact) mass is 422 g/mol. The molecule has 0 spiro atoms. The highest BCUT2D eigenvalue weighted by Gasteiger charge is 2.19. The third-order valence-corrected chi connectivity index (χ3v) is 5.12. The number of carbonyl (C=O) groups is 1. The van der Waals surface area contributed by atoms with Crippen molar-refractivity contribution in [1.82, 2.24) is 15.2 Å². The van der Waals surface area contributed by atoms with E-state index in [1.165, 1.54) is 23.9 Å². The Morgan fingerprint density at radius 3 is 2.43 bits per heavy atom. The lowest BCUT2D eigenvalue weighted by molar-refractivity contribution is -0.122. The maximum absolute atomic E-state index is 13.7. The number of hydrazone groups is 1. The zero-order chi connectivity index (χ0) is 19.9. The van der Waals surface area contributed by atoms with Crippen LogP contribution in [0.5, 0.6) is 0 Å². The molecule has 1 amide bonds. The minimum Gasteiger partial charge on any atom is -0.297 e. The van der Waals surface area contributed by atoms with Crippen LogP contribution < -0.4 is 5.43 Å². The van der Waals surface area contributed by atoms with Crippen molar-refractivity contribution >= 4 is 35.3 Å². The fourth-order valence-corrected chi connectivity index (χ4v) is 3.33. The first-order valence-electron chi connectivity index (χ1n) is 8.96. The van der Waals surface area contributed by atoms with E-state index < -0.39 is 5.82 Å². The quantitative estimate of drug-likeness (QED) is 0.573. The predicted octanol–water partition coefficient (Wildman–Crippen LogP) is 3.40. The Morgan fingerprint density at radius 1 is 1.07 bits per heavy atom. The number of hydrogen-bond acceptors (Lipinski definition) is 4. The summed E-state index contributed by atoms with van der Waals surface area (Å²) in [6.07, 6.45) is 1.22. The van der Waals surface area contributed by atoms with Gasteiger partial charge in [0.05, 0.1) is 17.8 Å². The molecule has 8 heteroatoms. The summed E-state index contributed by atoms with van der Waals surface area (Å²) < 4.78 is 13.7.